The summed E-state index contributed by atoms with van der Waals surface area (Å²) in [7, 11) is -3.54. The fraction of sp³-hybridized carbons (Fsp3) is 0.474. The molecule has 4 nitrogen and oxygen atoms in total. The summed E-state index contributed by atoms with van der Waals surface area (Å²) < 4.78 is 29.5. The van der Waals surface area contributed by atoms with Crippen molar-refractivity contribution >= 4 is 18.6 Å². The topological polar surface area (TPSA) is 44.8 Å². The predicted octanol–water partition coefficient (Wildman–Crippen LogP) is 5.96. The second kappa shape index (κ2) is 7.26. The van der Waals surface area contributed by atoms with E-state index in [4.69, 9.17) is 13.6 Å². The maximum atomic E-state index is 12.7. The summed E-state index contributed by atoms with van der Waals surface area (Å²) in [6.07, 6.45) is 4.22. The molecule has 2 aromatic carbocycles. The first-order valence-corrected chi connectivity index (χ1v) is 10.1. The van der Waals surface area contributed by atoms with Crippen molar-refractivity contribution in [3.63, 3.8) is 0 Å². The lowest BCUT2D eigenvalue weighted by Crippen LogP contribution is -2.35. The van der Waals surface area contributed by atoms with Gasteiger partial charge in [0.1, 0.15) is 5.75 Å². The Morgan fingerprint density at radius 2 is 1.79 bits per heavy atom. The highest BCUT2D eigenvalue weighted by atomic mass is 31.2. The lowest BCUT2D eigenvalue weighted by molar-refractivity contribution is -0.0115. The Kier molecular flexibility index (Phi) is 5.29. The number of hydrogen-bond acceptors (Lipinski definition) is 4. The molecule has 3 rings (SSSR count). The molecular weight excluding hydrogens is 323 g/mol. The number of fused-ring (bicyclic) bond motifs is 1. The van der Waals surface area contributed by atoms with Crippen molar-refractivity contribution in [2.24, 2.45) is 5.41 Å². The van der Waals surface area contributed by atoms with Gasteiger partial charge in [-0.3, -0.25) is 9.05 Å². The van der Waals surface area contributed by atoms with E-state index in [1.807, 2.05) is 36.4 Å². The van der Waals surface area contributed by atoms with Crippen molar-refractivity contribution in [3.05, 3.63) is 42.5 Å². The van der Waals surface area contributed by atoms with Crippen LogP contribution in [0.4, 0.5) is 0 Å². The average Bonchev–Trinajstić information content (AvgIpc) is 2.62. The third kappa shape index (κ3) is 3.83. The van der Waals surface area contributed by atoms with Gasteiger partial charge in [-0.05, 0) is 35.7 Å². The molecule has 1 aliphatic heterocycles. The van der Waals surface area contributed by atoms with Crippen LogP contribution in [0.5, 0.6) is 5.75 Å². The van der Waals surface area contributed by atoms with E-state index in [0.29, 0.717) is 19.0 Å². The van der Waals surface area contributed by atoms with Gasteiger partial charge < -0.3 is 4.52 Å². The number of unbranched alkanes of at least 4 members (excludes halogenated alkanes) is 1. The summed E-state index contributed by atoms with van der Waals surface area (Å²) in [6, 6.07) is 13.6. The summed E-state index contributed by atoms with van der Waals surface area (Å²) >= 11 is 0. The van der Waals surface area contributed by atoms with E-state index in [1.165, 1.54) is 0 Å². The van der Waals surface area contributed by atoms with E-state index in [1.54, 1.807) is 6.07 Å². The summed E-state index contributed by atoms with van der Waals surface area (Å²) in [6.45, 7) is 5.15. The Morgan fingerprint density at radius 1 is 1.08 bits per heavy atom. The van der Waals surface area contributed by atoms with Crippen LogP contribution < -0.4 is 4.52 Å². The molecule has 2 aromatic rings. The molecule has 0 radical (unpaired) electrons. The van der Waals surface area contributed by atoms with E-state index in [9.17, 15) is 4.57 Å². The normalized spacial score (nSPS) is 27.2. The van der Waals surface area contributed by atoms with Crippen LogP contribution in [0.25, 0.3) is 10.8 Å². The summed E-state index contributed by atoms with van der Waals surface area (Å²) in [5, 5.41) is 2.14. The minimum absolute atomic E-state index is 0.0450. The molecule has 0 N–H and O–H groups in total. The van der Waals surface area contributed by atoms with Crippen LogP contribution in [0, 0.1) is 5.41 Å². The van der Waals surface area contributed by atoms with Crippen LogP contribution in [0.15, 0.2) is 42.5 Å². The summed E-state index contributed by atoms with van der Waals surface area (Å²) in [5.41, 5.74) is -0.0450. The Bertz CT molecular complexity index is 731. The maximum Gasteiger partial charge on any atom is 0.530 e. The van der Waals surface area contributed by atoms with Crippen LogP contribution in [0.3, 0.4) is 0 Å². The smallest absolute Gasteiger partial charge is 0.404 e. The zero-order chi connectivity index (χ0) is 17.0. The standard InChI is InChI=1S/C19H25O4P/c1-3-5-12-19(4-2)14-21-24(20,22-15-19)23-18-11-10-16-8-6-7-9-17(16)13-18/h6-11,13H,3-5,12,14-15H2,1-2H3. The fourth-order valence-corrected chi connectivity index (χ4v) is 4.41. The Hall–Kier alpha value is -1.35. The van der Waals surface area contributed by atoms with Gasteiger partial charge in [0.2, 0.25) is 0 Å². The predicted molar refractivity (Wildman–Crippen MR) is 96.3 cm³/mol. The minimum atomic E-state index is -3.54. The molecule has 0 bridgehead atoms. The first-order chi connectivity index (χ1) is 11.6. The second-order valence-electron chi connectivity index (χ2n) is 6.55. The molecule has 0 aromatic heterocycles. The monoisotopic (exact) mass is 348 g/mol. The van der Waals surface area contributed by atoms with Crippen molar-refractivity contribution in [2.75, 3.05) is 13.2 Å². The zero-order valence-electron chi connectivity index (χ0n) is 14.4. The van der Waals surface area contributed by atoms with Crippen molar-refractivity contribution in [1.82, 2.24) is 0 Å². The van der Waals surface area contributed by atoms with Crippen molar-refractivity contribution in [3.8, 4) is 5.75 Å². The largest absolute Gasteiger partial charge is 0.530 e. The lowest BCUT2D eigenvalue weighted by Gasteiger charge is -2.38. The summed E-state index contributed by atoms with van der Waals surface area (Å²) in [5.74, 6) is 0.509. The van der Waals surface area contributed by atoms with Gasteiger partial charge in [-0.2, -0.15) is 0 Å². The first kappa shape index (κ1) is 17.5. The van der Waals surface area contributed by atoms with Crippen molar-refractivity contribution in [1.29, 1.82) is 0 Å². The number of benzene rings is 2. The third-order valence-corrected chi connectivity index (χ3v) is 6.13. The second-order valence-corrected chi connectivity index (χ2v) is 8.14. The lowest BCUT2D eigenvalue weighted by atomic mass is 9.82. The van der Waals surface area contributed by atoms with Gasteiger partial charge in [-0.25, -0.2) is 4.57 Å². The van der Waals surface area contributed by atoms with Crippen LogP contribution >= 0.6 is 7.82 Å². The van der Waals surface area contributed by atoms with E-state index in [0.717, 1.165) is 36.5 Å². The van der Waals surface area contributed by atoms with Gasteiger partial charge >= 0.3 is 7.82 Å². The Labute approximate surface area is 143 Å². The molecule has 0 unspecified atom stereocenters. The fourth-order valence-electron chi connectivity index (χ4n) is 2.99. The molecule has 0 saturated carbocycles. The first-order valence-electron chi connectivity index (χ1n) is 8.66. The number of phosphoric acid groups is 1. The number of rotatable bonds is 6. The molecule has 130 valence electrons. The highest BCUT2D eigenvalue weighted by Crippen LogP contribution is 2.56. The zero-order valence-corrected chi connectivity index (χ0v) is 15.3. The molecule has 1 saturated heterocycles. The highest BCUT2D eigenvalue weighted by molar-refractivity contribution is 7.49. The van der Waals surface area contributed by atoms with E-state index in [-0.39, 0.29) is 5.41 Å². The highest BCUT2D eigenvalue weighted by Gasteiger charge is 2.43. The summed E-state index contributed by atoms with van der Waals surface area (Å²) in [4.78, 5) is 0. The molecule has 24 heavy (non-hydrogen) atoms. The van der Waals surface area contributed by atoms with E-state index >= 15 is 0 Å². The Balaban J connectivity index is 1.70. The van der Waals surface area contributed by atoms with E-state index in [2.05, 4.69) is 13.8 Å². The van der Waals surface area contributed by atoms with Crippen molar-refractivity contribution < 1.29 is 18.1 Å². The maximum absolute atomic E-state index is 12.7. The molecule has 5 heteroatoms. The molecule has 1 heterocycles. The molecule has 1 fully saturated rings. The third-order valence-electron chi connectivity index (χ3n) is 4.81. The van der Waals surface area contributed by atoms with Gasteiger partial charge in [0.25, 0.3) is 0 Å². The van der Waals surface area contributed by atoms with Gasteiger partial charge in [-0.15, -0.1) is 0 Å². The Morgan fingerprint density at radius 3 is 2.46 bits per heavy atom. The molecular formula is C19H25O4P. The molecule has 0 spiro atoms. The van der Waals surface area contributed by atoms with Crippen LogP contribution in [-0.4, -0.2) is 13.2 Å². The van der Waals surface area contributed by atoms with Gasteiger partial charge in [-0.1, -0.05) is 57.0 Å². The van der Waals surface area contributed by atoms with E-state index < -0.39 is 7.82 Å². The molecule has 0 atom stereocenters. The number of phosphoric ester groups is 1. The average molecular weight is 348 g/mol. The van der Waals surface area contributed by atoms with Crippen molar-refractivity contribution in [2.45, 2.75) is 39.5 Å². The van der Waals surface area contributed by atoms with Gasteiger partial charge in [0, 0.05) is 5.41 Å². The minimum Gasteiger partial charge on any atom is -0.404 e. The molecule has 0 aliphatic carbocycles. The van der Waals surface area contributed by atoms with Crippen LogP contribution in [-0.2, 0) is 13.6 Å². The SMILES string of the molecule is CCCCC1(CC)COP(=O)(Oc2ccc3ccccc3c2)OC1. The van der Waals surface area contributed by atoms with Gasteiger partial charge in [0.05, 0.1) is 13.2 Å². The number of hydrogen-bond donors (Lipinski definition) is 0. The van der Waals surface area contributed by atoms with Crippen LogP contribution in [0.1, 0.15) is 39.5 Å². The van der Waals surface area contributed by atoms with Gasteiger partial charge in [0.15, 0.2) is 0 Å². The molecule has 0 amide bonds. The quantitative estimate of drug-likeness (QED) is 0.604. The molecule has 1 aliphatic rings. The van der Waals surface area contributed by atoms with Crippen LogP contribution in [0.2, 0.25) is 0 Å².